The van der Waals surface area contributed by atoms with Crippen LogP contribution in [0, 0.1) is 17.6 Å². The Morgan fingerprint density at radius 1 is 1.20 bits per heavy atom. The first-order chi connectivity index (χ1) is 12.0. The summed E-state index contributed by atoms with van der Waals surface area (Å²) in [6.45, 7) is 0.570. The van der Waals surface area contributed by atoms with Gasteiger partial charge in [-0.15, -0.1) is 0 Å². The fourth-order valence-electron chi connectivity index (χ4n) is 2.75. The van der Waals surface area contributed by atoms with Crippen molar-refractivity contribution in [2.24, 2.45) is 5.92 Å². The SMILES string of the molecule is O=C(NCc1ccc(F)cc1)C1CCN(c2ccc(F)c(Cl)c2)C1=O. The third-order valence-electron chi connectivity index (χ3n) is 4.12. The number of halogens is 3. The molecule has 1 N–H and O–H groups in total. The van der Waals surface area contributed by atoms with E-state index in [2.05, 4.69) is 5.32 Å². The number of carbonyl (C=O) groups excluding carboxylic acids is 2. The Morgan fingerprint density at radius 2 is 1.92 bits per heavy atom. The number of hydrogen-bond acceptors (Lipinski definition) is 2. The van der Waals surface area contributed by atoms with Crippen LogP contribution < -0.4 is 10.2 Å². The molecule has 1 fully saturated rings. The molecule has 0 radical (unpaired) electrons. The molecule has 1 saturated heterocycles. The molecule has 7 heteroatoms. The molecule has 0 bridgehead atoms. The molecular formula is C18H15ClF2N2O2. The molecule has 1 aliphatic heterocycles. The van der Waals surface area contributed by atoms with Gasteiger partial charge in [0.05, 0.1) is 5.02 Å². The lowest BCUT2D eigenvalue weighted by molar-refractivity contribution is -0.132. The minimum Gasteiger partial charge on any atom is -0.351 e. The lowest BCUT2D eigenvalue weighted by atomic mass is 10.1. The van der Waals surface area contributed by atoms with E-state index in [1.165, 1.54) is 35.2 Å². The zero-order valence-corrected chi connectivity index (χ0v) is 13.9. The van der Waals surface area contributed by atoms with Crippen LogP contribution in [0.15, 0.2) is 42.5 Å². The van der Waals surface area contributed by atoms with Crippen LogP contribution in [0.3, 0.4) is 0 Å². The van der Waals surface area contributed by atoms with Crippen LogP contribution in [0.2, 0.25) is 5.02 Å². The minimum absolute atomic E-state index is 0.0745. The highest BCUT2D eigenvalue weighted by Gasteiger charge is 2.37. The van der Waals surface area contributed by atoms with Crippen molar-refractivity contribution >= 4 is 29.1 Å². The van der Waals surface area contributed by atoms with Crippen LogP contribution >= 0.6 is 11.6 Å². The molecule has 2 aromatic carbocycles. The van der Waals surface area contributed by atoms with Crippen molar-refractivity contribution in [2.75, 3.05) is 11.4 Å². The van der Waals surface area contributed by atoms with Crippen LogP contribution in [0.25, 0.3) is 0 Å². The van der Waals surface area contributed by atoms with Crippen LogP contribution in [-0.2, 0) is 16.1 Å². The van der Waals surface area contributed by atoms with Crippen LogP contribution in [0.5, 0.6) is 0 Å². The van der Waals surface area contributed by atoms with E-state index in [0.29, 0.717) is 18.7 Å². The van der Waals surface area contributed by atoms with E-state index in [1.54, 1.807) is 12.1 Å². The minimum atomic E-state index is -0.802. The van der Waals surface area contributed by atoms with Crippen molar-refractivity contribution in [3.63, 3.8) is 0 Å². The van der Waals surface area contributed by atoms with Crippen LogP contribution in [0.4, 0.5) is 14.5 Å². The highest BCUT2D eigenvalue weighted by Crippen LogP contribution is 2.28. The quantitative estimate of drug-likeness (QED) is 0.846. The molecule has 1 aliphatic rings. The molecule has 1 unspecified atom stereocenters. The smallest absolute Gasteiger partial charge is 0.239 e. The summed E-state index contributed by atoms with van der Waals surface area (Å²) in [6, 6.07) is 9.76. The topological polar surface area (TPSA) is 49.4 Å². The average Bonchev–Trinajstić information content (AvgIpc) is 2.98. The second-order valence-electron chi connectivity index (χ2n) is 5.77. The van der Waals surface area contributed by atoms with Gasteiger partial charge in [-0.2, -0.15) is 0 Å². The second kappa shape index (κ2) is 7.19. The second-order valence-corrected chi connectivity index (χ2v) is 6.18. The summed E-state index contributed by atoms with van der Waals surface area (Å²) in [4.78, 5) is 26.2. The fraction of sp³-hybridized carbons (Fsp3) is 0.222. The van der Waals surface area contributed by atoms with E-state index < -0.39 is 11.7 Å². The third-order valence-corrected chi connectivity index (χ3v) is 4.41. The van der Waals surface area contributed by atoms with E-state index >= 15 is 0 Å². The Bertz CT molecular complexity index is 811. The van der Waals surface area contributed by atoms with Gasteiger partial charge in [-0.1, -0.05) is 23.7 Å². The summed E-state index contributed by atoms with van der Waals surface area (Å²) < 4.78 is 26.1. The van der Waals surface area contributed by atoms with E-state index in [4.69, 9.17) is 11.6 Å². The van der Waals surface area contributed by atoms with Gasteiger partial charge in [0.25, 0.3) is 0 Å². The van der Waals surface area contributed by atoms with Crippen molar-refractivity contribution in [3.05, 3.63) is 64.7 Å². The number of anilines is 1. The molecule has 0 spiro atoms. The fourth-order valence-corrected chi connectivity index (χ4v) is 2.92. The molecule has 2 amide bonds. The summed E-state index contributed by atoms with van der Waals surface area (Å²) in [5, 5.41) is 2.61. The zero-order valence-electron chi connectivity index (χ0n) is 13.1. The molecule has 1 atom stereocenters. The standard InChI is InChI=1S/C18H15ClF2N2O2/c19-15-9-13(5-6-16(15)21)23-8-7-14(18(23)25)17(24)22-10-11-1-3-12(20)4-2-11/h1-6,9,14H,7-8,10H2,(H,22,24). The zero-order chi connectivity index (χ0) is 18.0. The van der Waals surface area contributed by atoms with Gasteiger partial charge in [0.1, 0.15) is 17.6 Å². The van der Waals surface area contributed by atoms with Crippen LogP contribution in [0.1, 0.15) is 12.0 Å². The van der Waals surface area contributed by atoms with Gasteiger partial charge in [-0.25, -0.2) is 8.78 Å². The van der Waals surface area contributed by atoms with Crippen molar-refractivity contribution in [1.29, 1.82) is 0 Å². The summed E-state index contributed by atoms with van der Waals surface area (Å²) in [5.74, 6) is -2.45. The molecule has 130 valence electrons. The first kappa shape index (κ1) is 17.4. The maximum atomic E-state index is 13.3. The summed E-state index contributed by atoms with van der Waals surface area (Å²) in [6.07, 6.45) is 0.364. The maximum Gasteiger partial charge on any atom is 0.239 e. The molecule has 3 rings (SSSR count). The molecular weight excluding hydrogens is 350 g/mol. The van der Waals surface area contributed by atoms with Crippen molar-refractivity contribution in [2.45, 2.75) is 13.0 Å². The Hall–Kier alpha value is -2.47. The van der Waals surface area contributed by atoms with Gasteiger partial charge in [-0.05, 0) is 42.3 Å². The van der Waals surface area contributed by atoms with Gasteiger partial charge in [0.2, 0.25) is 11.8 Å². The van der Waals surface area contributed by atoms with Crippen LogP contribution in [-0.4, -0.2) is 18.4 Å². The largest absolute Gasteiger partial charge is 0.351 e. The Balaban J connectivity index is 1.63. The molecule has 25 heavy (non-hydrogen) atoms. The molecule has 0 saturated carbocycles. The summed E-state index contributed by atoms with van der Waals surface area (Å²) >= 11 is 5.75. The number of hydrogen-bond donors (Lipinski definition) is 1. The lowest BCUT2D eigenvalue weighted by Gasteiger charge is -2.17. The van der Waals surface area contributed by atoms with Gasteiger partial charge in [0.15, 0.2) is 0 Å². The maximum absolute atomic E-state index is 13.3. The Kier molecular flexibility index (Phi) is 4.99. The number of carbonyl (C=O) groups is 2. The molecule has 1 heterocycles. The van der Waals surface area contributed by atoms with Gasteiger partial charge in [0, 0.05) is 18.8 Å². The van der Waals surface area contributed by atoms with Crippen molar-refractivity contribution < 1.29 is 18.4 Å². The first-order valence-corrected chi connectivity index (χ1v) is 8.12. The number of amides is 2. The molecule has 0 aromatic heterocycles. The average molecular weight is 365 g/mol. The monoisotopic (exact) mass is 364 g/mol. The molecule has 0 aliphatic carbocycles. The highest BCUT2D eigenvalue weighted by atomic mass is 35.5. The highest BCUT2D eigenvalue weighted by molar-refractivity contribution is 6.31. The molecule has 2 aromatic rings. The third kappa shape index (κ3) is 3.79. The Morgan fingerprint density at radius 3 is 2.60 bits per heavy atom. The number of nitrogens with one attached hydrogen (secondary N) is 1. The normalized spacial score (nSPS) is 17.0. The van der Waals surface area contributed by atoms with Gasteiger partial charge < -0.3 is 10.2 Å². The number of benzene rings is 2. The number of nitrogens with zero attached hydrogens (tertiary/aromatic N) is 1. The molecule has 4 nitrogen and oxygen atoms in total. The summed E-state index contributed by atoms with van der Waals surface area (Å²) in [7, 11) is 0. The van der Waals surface area contributed by atoms with E-state index in [1.807, 2.05) is 0 Å². The first-order valence-electron chi connectivity index (χ1n) is 7.74. The Labute approximate surface area is 148 Å². The predicted octanol–water partition coefficient (Wildman–Crippen LogP) is 3.29. The van der Waals surface area contributed by atoms with Crippen molar-refractivity contribution in [3.8, 4) is 0 Å². The number of rotatable bonds is 4. The van der Waals surface area contributed by atoms with Crippen molar-refractivity contribution in [1.82, 2.24) is 5.32 Å². The van der Waals surface area contributed by atoms with E-state index in [9.17, 15) is 18.4 Å². The van der Waals surface area contributed by atoms with Gasteiger partial charge >= 0.3 is 0 Å². The summed E-state index contributed by atoms with van der Waals surface area (Å²) in [5.41, 5.74) is 1.20. The van der Waals surface area contributed by atoms with E-state index in [0.717, 1.165) is 5.56 Å². The lowest BCUT2D eigenvalue weighted by Crippen LogP contribution is -2.36. The van der Waals surface area contributed by atoms with E-state index in [-0.39, 0.29) is 29.2 Å². The van der Waals surface area contributed by atoms with Gasteiger partial charge in [-0.3, -0.25) is 9.59 Å². The predicted molar refractivity (Wildman–Crippen MR) is 90.1 cm³/mol.